The Labute approximate surface area is 125 Å². The van der Waals surface area contributed by atoms with Crippen molar-refractivity contribution in [1.29, 1.82) is 0 Å². The molecular weight excluding hydrogens is 272 g/mol. The second-order valence-corrected chi connectivity index (χ2v) is 5.06. The molecule has 2 nitrogen and oxygen atoms in total. The van der Waals surface area contributed by atoms with Gasteiger partial charge >= 0.3 is 0 Å². The molecule has 1 N–H and O–H groups in total. The predicted octanol–water partition coefficient (Wildman–Crippen LogP) is 3.41. The molecule has 0 aliphatic rings. The van der Waals surface area contributed by atoms with Crippen LogP contribution in [0.5, 0.6) is 0 Å². The van der Waals surface area contributed by atoms with E-state index in [-0.39, 0.29) is 0 Å². The number of benzene rings is 2. The van der Waals surface area contributed by atoms with E-state index in [0.717, 1.165) is 0 Å². The summed E-state index contributed by atoms with van der Waals surface area (Å²) in [4.78, 5) is 0. The third-order valence-corrected chi connectivity index (χ3v) is 3.54. The van der Waals surface area contributed by atoms with Crippen LogP contribution in [0.2, 0.25) is 0 Å². The summed E-state index contributed by atoms with van der Waals surface area (Å²) in [5.74, 6) is 0. The van der Waals surface area contributed by atoms with Crippen LogP contribution >= 0.6 is 25.0 Å². The number of nitrogens with one attached hydrogen (secondary N) is 1. The minimum absolute atomic E-state index is 0.635. The molecule has 0 fully saturated rings. The summed E-state index contributed by atoms with van der Waals surface area (Å²) in [7, 11) is 0. The van der Waals surface area contributed by atoms with Gasteiger partial charge in [0.05, 0.1) is 6.54 Å². The van der Waals surface area contributed by atoms with Gasteiger partial charge in [-0.25, -0.2) is 0 Å². The summed E-state index contributed by atoms with van der Waals surface area (Å²) in [5, 5.41) is 3.84. The minimum atomic E-state index is 0.635. The molecule has 98 valence electrons. The summed E-state index contributed by atoms with van der Waals surface area (Å²) in [5.41, 5.74) is 2.38. The Kier molecular flexibility index (Phi) is 5.24. The molecule has 0 aliphatic carbocycles. The van der Waals surface area contributed by atoms with Gasteiger partial charge in [-0.3, -0.25) is 4.31 Å². The maximum atomic E-state index is 5.31. The zero-order chi connectivity index (χ0) is 13.5. The minimum Gasteiger partial charge on any atom is -0.358 e. The average molecular weight is 288 g/mol. The van der Waals surface area contributed by atoms with Crippen LogP contribution < -0.4 is 5.32 Å². The van der Waals surface area contributed by atoms with Crippen LogP contribution in [-0.2, 0) is 13.1 Å². The van der Waals surface area contributed by atoms with Gasteiger partial charge < -0.3 is 5.32 Å². The molecule has 4 heteroatoms. The van der Waals surface area contributed by atoms with Crippen LogP contribution in [0, 0.1) is 0 Å². The van der Waals surface area contributed by atoms with Gasteiger partial charge in [-0.05, 0) is 23.3 Å². The zero-order valence-corrected chi connectivity index (χ0v) is 12.2. The smallest absolute Gasteiger partial charge is 0.179 e. The van der Waals surface area contributed by atoms with E-state index in [1.165, 1.54) is 11.1 Å². The lowest BCUT2D eigenvalue weighted by Gasteiger charge is -2.19. The largest absolute Gasteiger partial charge is 0.358 e. The molecule has 0 radical (unpaired) electrons. The van der Waals surface area contributed by atoms with Crippen molar-refractivity contribution < 1.29 is 0 Å². The molecule has 0 unspecified atom stereocenters. The first-order valence-corrected chi connectivity index (χ1v) is 6.88. The maximum absolute atomic E-state index is 5.31. The molecule has 0 saturated heterocycles. The van der Waals surface area contributed by atoms with Gasteiger partial charge in [-0.15, -0.1) is 0 Å². The summed E-state index contributed by atoms with van der Waals surface area (Å²) in [6.45, 7) is 1.40. The topological polar surface area (TPSA) is 15.3 Å². The number of thiocarbonyl (C=S) groups is 1. The number of thiol groups is 1. The van der Waals surface area contributed by atoms with E-state index in [9.17, 15) is 0 Å². The lowest BCUT2D eigenvalue weighted by molar-refractivity contribution is 0.653. The quantitative estimate of drug-likeness (QED) is 0.662. The normalized spacial score (nSPS) is 9.95. The monoisotopic (exact) mass is 288 g/mol. The Balaban J connectivity index is 1.83. The van der Waals surface area contributed by atoms with E-state index in [1.54, 1.807) is 4.31 Å². The molecule has 2 aromatic rings. The standard InChI is InChI=1S/C15H16N2S2/c18-15(16-11-13-7-3-1-4-8-13)17(19)12-14-9-5-2-6-10-14/h1-10,19H,11-12H2,(H,16,18). The van der Waals surface area contributed by atoms with Gasteiger partial charge in [-0.1, -0.05) is 73.5 Å². The number of rotatable bonds is 4. The summed E-state index contributed by atoms with van der Waals surface area (Å²) in [6, 6.07) is 20.3. The van der Waals surface area contributed by atoms with Crippen LogP contribution in [0.25, 0.3) is 0 Å². The van der Waals surface area contributed by atoms with Gasteiger partial charge in [-0.2, -0.15) is 0 Å². The first-order chi connectivity index (χ1) is 9.25. The third-order valence-electron chi connectivity index (χ3n) is 2.70. The van der Waals surface area contributed by atoms with Gasteiger partial charge in [0.15, 0.2) is 5.11 Å². The van der Waals surface area contributed by atoms with E-state index in [4.69, 9.17) is 12.2 Å². The Bertz CT molecular complexity index is 514. The highest BCUT2D eigenvalue weighted by Gasteiger charge is 2.05. The average Bonchev–Trinajstić information content (AvgIpc) is 2.47. The van der Waals surface area contributed by atoms with Crippen LogP contribution in [0.4, 0.5) is 0 Å². The maximum Gasteiger partial charge on any atom is 0.179 e. The molecule has 0 bridgehead atoms. The molecule has 0 saturated carbocycles. The van der Waals surface area contributed by atoms with E-state index >= 15 is 0 Å². The molecule has 0 amide bonds. The Morgan fingerprint density at radius 3 is 2.05 bits per heavy atom. The van der Waals surface area contributed by atoms with Crippen LogP contribution in [0.3, 0.4) is 0 Å². The first kappa shape index (κ1) is 13.9. The van der Waals surface area contributed by atoms with Crippen LogP contribution in [0.1, 0.15) is 11.1 Å². The molecule has 0 aromatic heterocycles. The van der Waals surface area contributed by atoms with Crippen LogP contribution in [0.15, 0.2) is 60.7 Å². The van der Waals surface area contributed by atoms with Gasteiger partial charge in [0, 0.05) is 6.54 Å². The van der Waals surface area contributed by atoms with Crippen molar-refractivity contribution >= 4 is 30.1 Å². The predicted molar refractivity (Wildman–Crippen MR) is 86.9 cm³/mol. The molecule has 0 aliphatic heterocycles. The Hall–Kier alpha value is -1.52. The molecule has 2 rings (SSSR count). The summed E-state index contributed by atoms with van der Waals surface area (Å²) < 4.78 is 1.74. The molecule has 19 heavy (non-hydrogen) atoms. The van der Waals surface area contributed by atoms with Gasteiger partial charge in [0.1, 0.15) is 0 Å². The van der Waals surface area contributed by atoms with Crippen molar-refractivity contribution in [2.45, 2.75) is 13.1 Å². The summed E-state index contributed by atoms with van der Waals surface area (Å²) >= 11 is 9.73. The van der Waals surface area contributed by atoms with Crippen molar-refractivity contribution in [3.05, 3.63) is 71.8 Å². The molecule has 0 atom stereocenters. The molecule has 2 aromatic carbocycles. The fraction of sp³-hybridized carbons (Fsp3) is 0.133. The Morgan fingerprint density at radius 1 is 0.947 bits per heavy atom. The van der Waals surface area contributed by atoms with E-state index < -0.39 is 0 Å². The molecular formula is C15H16N2S2. The highest BCUT2D eigenvalue weighted by molar-refractivity contribution is 7.84. The fourth-order valence-corrected chi connectivity index (χ4v) is 2.06. The van der Waals surface area contributed by atoms with Crippen molar-refractivity contribution in [1.82, 2.24) is 9.62 Å². The van der Waals surface area contributed by atoms with E-state index in [2.05, 4.69) is 42.4 Å². The second-order valence-electron chi connectivity index (χ2n) is 4.19. The van der Waals surface area contributed by atoms with E-state index in [0.29, 0.717) is 18.2 Å². The van der Waals surface area contributed by atoms with Crippen molar-refractivity contribution in [3.63, 3.8) is 0 Å². The number of hydrogen-bond donors (Lipinski definition) is 2. The lowest BCUT2D eigenvalue weighted by Crippen LogP contribution is -2.32. The Morgan fingerprint density at radius 2 is 1.47 bits per heavy atom. The van der Waals surface area contributed by atoms with Crippen molar-refractivity contribution in [2.24, 2.45) is 0 Å². The van der Waals surface area contributed by atoms with E-state index in [1.807, 2.05) is 36.4 Å². The van der Waals surface area contributed by atoms with Gasteiger partial charge in [0.2, 0.25) is 0 Å². The highest BCUT2D eigenvalue weighted by Crippen LogP contribution is 2.07. The molecule has 0 spiro atoms. The SMILES string of the molecule is S=C(NCc1ccccc1)N(S)Cc1ccccc1. The zero-order valence-electron chi connectivity index (χ0n) is 10.5. The second kappa shape index (κ2) is 7.16. The lowest BCUT2D eigenvalue weighted by atomic mass is 10.2. The number of nitrogens with zero attached hydrogens (tertiary/aromatic N) is 1. The van der Waals surface area contributed by atoms with Crippen LogP contribution in [-0.4, -0.2) is 9.42 Å². The van der Waals surface area contributed by atoms with Crippen molar-refractivity contribution in [3.8, 4) is 0 Å². The summed E-state index contributed by atoms with van der Waals surface area (Å²) in [6.07, 6.45) is 0. The first-order valence-electron chi connectivity index (χ1n) is 6.08. The number of hydrogen-bond acceptors (Lipinski definition) is 2. The third kappa shape index (κ3) is 4.58. The van der Waals surface area contributed by atoms with Gasteiger partial charge in [0.25, 0.3) is 0 Å². The van der Waals surface area contributed by atoms with Crippen molar-refractivity contribution in [2.75, 3.05) is 0 Å². The fourth-order valence-electron chi connectivity index (χ4n) is 1.69. The highest BCUT2D eigenvalue weighted by atomic mass is 32.1. The molecule has 0 heterocycles.